The van der Waals surface area contributed by atoms with E-state index in [4.69, 9.17) is 4.74 Å². The zero-order valence-electron chi connectivity index (χ0n) is 7.94. The fraction of sp³-hybridized carbons (Fsp3) is 1.00. The SMILES string of the molecule is COCN1CCCCC1C[N+](=O)[O-]. The van der Waals surface area contributed by atoms with Gasteiger partial charge in [0.25, 0.3) is 0 Å². The van der Waals surface area contributed by atoms with Crippen molar-refractivity contribution in [3.63, 3.8) is 0 Å². The van der Waals surface area contributed by atoms with Gasteiger partial charge in [-0.2, -0.15) is 0 Å². The number of piperidine rings is 1. The lowest BCUT2D eigenvalue weighted by Crippen LogP contribution is -2.44. The van der Waals surface area contributed by atoms with Crippen LogP contribution in [0.3, 0.4) is 0 Å². The molecule has 0 radical (unpaired) electrons. The number of hydrogen-bond donors (Lipinski definition) is 0. The summed E-state index contributed by atoms with van der Waals surface area (Å²) in [7, 11) is 1.62. The summed E-state index contributed by atoms with van der Waals surface area (Å²) in [6.45, 7) is 1.48. The summed E-state index contributed by atoms with van der Waals surface area (Å²) in [5.41, 5.74) is 0. The summed E-state index contributed by atoms with van der Waals surface area (Å²) in [5.74, 6) is 0. The summed E-state index contributed by atoms with van der Waals surface area (Å²) in [4.78, 5) is 12.2. The quantitative estimate of drug-likeness (QED) is 0.482. The van der Waals surface area contributed by atoms with Gasteiger partial charge in [0.2, 0.25) is 6.54 Å². The maximum Gasteiger partial charge on any atom is 0.219 e. The van der Waals surface area contributed by atoms with Gasteiger partial charge in [0, 0.05) is 18.6 Å². The van der Waals surface area contributed by atoms with E-state index in [2.05, 4.69) is 0 Å². The van der Waals surface area contributed by atoms with Gasteiger partial charge in [-0.1, -0.05) is 6.42 Å². The lowest BCUT2D eigenvalue weighted by Gasteiger charge is -2.32. The van der Waals surface area contributed by atoms with Crippen LogP contribution in [-0.4, -0.2) is 42.8 Å². The van der Waals surface area contributed by atoms with Crippen molar-refractivity contribution < 1.29 is 9.66 Å². The highest BCUT2D eigenvalue weighted by Crippen LogP contribution is 2.16. The van der Waals surface area contributed by atoms with Crippen LogP contribution in [0.4, 0.5) is 0 Å². The third-order valence-electron chi connectivity index (χ3n) is 2.40. The Bertz CT molecular complexity index is 173. The van der Waals surface area contributed by atoms with E-state index in [0.29, 0.717) is 6.73 Å². The molecular formula is C8H16N2O3. The van der Waals surface area contributed by atoms with Crippen molar-refractivity contribution in [3.05, 3.63) is 10.1 Å². The van der Waals surface area contributed by atoms with E-state index < -0.39 is 0 Å². The largest absolute Gasteiger partial charge is 0.369 e. The third-order valence-corrected chi connectivity index (χ3v) is 2.40. The fourth-order valence-electron chi connectivity index (χ4n) is 1.77. The minimum Gasteiger partial charge on any atom is -0.369 e. The molecule has 5 nitrogen and oxygen atoms in total. The molecule has 1 fully saturated rings. The Labute approximate surface area is 77.8 Å². The van der Waals surface area contributed by atoms with Gasteiger partial charge in [-0.05, 0) is 12.8 Å². The van der Waals surface area contributed by atoms with E-state index in [1.165, 1.54) is 0 Å². The van der Waals surface area contributed by atoms with E-state index >= 15 is 0 Å². The fourth-order valence-corrected chi connectivity index (χ4v) is 1.77. The summed E-state index contributed by atoms with van der Waals surface area (Å²) in [6, 6.07) is 0.0729. The highest BCUT2D eigenvalue weighted by atomic mass is 16.6. The molecule has 1 atom stereocenters. The average molecular weight is 188 g/mol. The van der Waals surface area contributed by atoms with Crippen molar-refractivity contribution in [2.45, 2.75) is 25.3 Å². The molecule has 76 valence electrons. The van der Waals surface area contributed by atoms with Gasteiger partial charge >= 0.3 is 0 Å². The lowest BCUT2D eigenvalue weighted by atomic mass is 10.0. The first-order valence-electron chi connectivity index (χ1n) is 4.59. The van der Waals surface area contributed by atoms with Crippen LogP contribution < -0.4 is 0 Å². The smallest absolute Gasteiger partial charge is 0.219 e. The second kappa shape index (κ2) is 5.14. The van der Waals surface area contributed by atoms with E-state index in [1.807, 2.05) is 4.90 Å². The molecule has 0 amide bonds. The molecule has 0 aliphatic carbocycles. The Morgan fingerprint density at radius 3 is 3.00 bits per heavy atom. The maximum absolute atomic E-state index is 10.4. The summed E-state index contributed by atoms with van der Waals surface area (Å²) in [6.07, 6.45) is 3.14. The Hall–Kier alpha value is -0.680. The van der Waals surface area contributed by atoms with Crippen LogP contribution in [0.2, 0.25) is 0 Å². The normalized spacial score (nSPS) is 24.5. The van der Waals surface area contributed by atoms with E-state index in [9.17, 15) is 10.1 Å². The molecule has 1 aliphatic rings. The minimum atomic E-state index is -0.237. The number of methoxy groups -OCH3 is 1. The lowest BCUT2D eigenvalue weighted by molar-refractivity contribution is -0.488. The van der Waals surface area contributed by atoms with Gasteiger partial charge in [0.15, 0.2) is 0 Å². The number of nitrogens with zero attached hydrogens (tertiary/aromatic N) is 2. The van der Waals surface area contributed by atoms with Gasteiger partial charge in [-0.25, -0.2) is 0 Å². The molecule has 1 rings (SSSR count). The second-order valence-electron chi connectivity index (χ2n) is 3.40. The Morgan fingerprint density at radius 1 is 1.62 bits per heavy atom. The van der Waals surface area contributed by atoms with E-state index in [-0.39, 0.29) is 17.5 Å². The van der Waals surface area contributed by atoms with Crippen molar-refractivity contribution in [2.75, 3.05) is 26.9 Å². The van der Waals surface area contributed by atoms with Gasteiger partial charge in [-0.3, -0.25) is 15.0 Å². The molecule has 13 heavy (non-hydrogen) atoms. The zero-order valence-corrected chi connectivity index (χ0v) is 7.94. The van der Waals surface area contributed by atoms with Crippen LogP contribution in [-0.2, 0) is 4.74 Å². The highest BCUT2D eigenvalue weighted by molar-refractivity contribution is 4.74. The number of likely N-dealkylation sites (tertiary alicyclic amines) is 1. The topological polar surface area (TPSA) is 55.6 Å². The first-order valence-corrected chi connectivity index (χ1v) is 4.59. The zero-order chi connectivity index (χ0) is 9.68. The highest BCUT2D eigenvalue weighted by Gasteiger charge is 2.25. The maximum atomic E-state index is 10.4. The molecular weight excluding hydrogens is 172 g/mol. The van der Waals surface area contributed by atoms with Crippen LogP contribution in [0.15, 0.2) is 0 Å². The predicted octanol–water partition coefficient (Wildman–Crippen LogP) is 0.722. The average Bonchev–Trinajstić information content (AvgIpc) is 2.08. The molecule has 0 N–H and O–H groups in total. The molecule has 0 aromatic rings. The van der Waals surface area contributed by atoms with Crippen molar-refractivity contribution >= 4 is 0 Å². The van der Waals surface area contributed by atoms with Crippen molar-refractivity contribution in [1.29, 1.82) is 0 Å². The molecule has 5 heteroatoms. The van der Waals surface area contributed by atoms with Gasteiger partial charge in [0.05, 0.1) is 12.8 Å². The van der Waals surface area contributed by atoms with Crippen LogP contribution >= 0.6 is 0 Å². The van der Waals surface area contributed by atoms with Crippen molar-refractivity contribution in [3.8, 4) is 0 Å². The Morgan fingerprint density at radius 2 is 2.38 bits per heavy atom. The standard InChI is InChI=1S/C8H16N2O3/c1-13-7-9-5-3-2-4-8(9)6-10(11)12/h8H,2-7H2,1H3. The Kier molecular flexibility index (Phi) is 4.11. The van der Waals surface area contributed by atoms with Crippen LogP contribution in [0.25, 0.3) is 0 Å². The number of rotatable bonds is 4. The van der Waals surface area contributed by atoms with Gasteiger partial charge < -0.3 is 4.74 Å². The molecule has 0 saturated carbocycles. The molecule has 1 aliphatic heterocycles. The molecule has 0 bridgehead atoms. The molecule has 0 spiro atoms. The van der Waals surface area contributed by atoms with Crippen LogP contribution in [0.5, 0.6) is 0 Å². The summed E-state index contributed by atoms with van der Waals surface area (Å²) < 4.78 is 5.00. The molecule has 1 saturated heterocycles. The van der Waals surface area contributed by atoms with Crippen molar-refractivity contribution in [2.24, 2.45) is 0 Å². The first-order chi connectivity index (χ1) is 6.24. The molecule has 0 aromatic heterocycles. The molecule has 1 heterocycles. The molecule has 0 aromatic carbocycles. The predicted molar refractivity (Wildman–Crippen MR) is 48.1 cm³/mol. The third kappa shape index (κ3) is 3.28. The minimum absolute atomic E-state index is 0.0450. The van der Waals surface area contributed by atoms with Gasteiger partial charge in [0.1, 0.15) is 0 Å². The van der Waals surface area contributed by atoms with Crippen LogP contribution in [0, 0.1) is 10.1 Å². The first kappa shape index (κ1) is 10.4. The van der Waals surface area contributed by atoms with E-state index in [1.54, 1.807) is 7.11 Å². The summed E-state index contributed by atoms with van der Waals surface area (Å²) in [5, 5.41) is 10.4. The van der Waals surface area contributed by atoms with Crippen LogP contribution in [0.1, 0.15) is 19.3 Å². The summed E-state index contributed by atoms with van der Waals surface area (Å²) >= 11 is 0. The Balaban J connectivity index is 2.41. The monoisotopic (exact) mass is 188 g/mol. The number of hydrogen-bond acceptors (Lipinski definition) is 4. The van der Waals surface area contributed by atoms with E-state index in [0.717, 1.165) is 25.8 Å². The second-order valence-corrected chi connectivity index (χ2v) is 3.40. The van der Waals surface area contributed by atoms with Crippen molar-refractivity contribution in [1.82, 2.24) is 4.90 Å². The number of nitro groups is 1. The number of ether oxygens (including phenoxy) is 1. The molecule has 1 unspecified atom stereocenters. The van der Waals surface area contributed by atoms with Gasteiger partial charge in [-0.15, -0.1) is 0 Å².